The van der Waals surface area contributed by atoms with Gasteiger partial charge < -0.3 is 14.8 Å². The Morgan fingerprint density at radius 2 is 2.04 bits per heavy atom. The molecule has 2 aromatic rings. The topological polar surface area (TPSA) is 67.9 Å². The normalized spacial score (nSPS) is 14.3. The van der Waals surface area contributed by atoms with Crippen molar-refractivity contribution in [1.82, 2.24) is 5.32 Å². The van der Waals surface area contributed by atoms with Gasteiger partial charge in [-0.3, -0.25) is 14.5 Å². The number of anilines is 1. The Bertz CT molecular complexity index is 884. The van der Waals surface area contributed by atoms with E-state index in [4.69, 9.17) is 21.1 Å². The van der Waals surface area contributed by atoms with Crippen molar-refractivity contribution in [1.29, 1.82) is 0 Å². The fraction of sp³-hybridized carbons (Fsp3) is 0.333. The molecule has 0 saturated carbocycles. The first-order valence-corrected chi connectivity index (χ1v) is 9.50. The van der Waals surface area contributed by atoms with E-state index in [1.54, 1.807) is 18.2 Å². The number of benzene rings is 2. The predicted octanol–water partition coefficient (Wildman–Crippen LogP) is 3.73. The highest BCUT2D eigenvalue weighted by Crippen LogP contribution is 2.34. The van der Waals surface area contributed by atoms with Crippen LogP contribution in [0, 0.1) is 0 Å². The summed E-state index contributed by atoms with van der Waals surface area (Å²) in [4.78, 5) is 26.3. The third-order valence-electron chi connectivity index (χ3n) is 4.27. The first kappa shape index (κ1) is 20.0. The summed E-state index contributed by atoms with van der Waals surface area (Å²) < 4.78 is 11.1. The molecule has 2 amide bonds. The summed E-state index contributed by atoms with van der Waals surface area (Å²) in [7, 11) is 0. The molecule has 7 heteroatoms. The Morgan fingerprint density at radius 1 is 1.25 bits per heavy atom. The monoisotopic (exact) mass is 402 g/mol. The molecule has 1 aliphatic heterocycles. The lowest BCUT2D eigenvalue weighted by Gasteiger charge is -2.29. The van der Waals surface area contributed by atoms with Crippen molar-refractivity contribution >= 4 is 29.1 Å². The third kappa shape index (κ3) is 4.75. The summed E-state index contributed by atoms with van der Waals surface area (Å²) in [6.45, 7) is 5.59. The van der Waals surface area contributed by atoms with Crippen LogP contribution in [0.1, 0.15) is 32.4 Å². The van der Waals surface area contributed by atoms with Crippen LogP contribution in [0.4, 0.5) is 5.69 Å². The van der Waals surface area contributed by atoms with Gasteiger partial charge in [0.15, 0.2) is 6.61 Å². The summed E-state index contributed by atoms with van der Waals surface area (Å²) in [5.41, 5.74) is 1.42. The van der Waals surface area contributed by atoms with Crippen molar-refractivity contribution in [2.45, 2.75) is 32.9 Å². The van der Waals surface area contributed by atoms with Crippen molar-refractivity contribution in [3.05, 3.63) is 53.1 Å². The minimum atomic E-state index is -0.287. The molecule has 0 aromatic heterocycles. The van der Waals surface area contributed by atoms with Gasteiger partial charge in [-0.25, -0.2) is 0 Å². The Morgan fingerprint density at radius 3 is 2.79 bits per heavy atom. The first-order valence-electron chi connectivity index (χ1n) is 9.12. The predicted molar refractivity (Wildman–Crippen MR) is 108 cm³/mol. The summed E-state index contributed by atoms with van der Waals surface area (Å²) in [6, 6.07) is 12.4. The molecular formula is C21H23ClN2O4. The number of amides is 2. The van der Waals surface area contributed by atoms with Gasteiger partial charge in [0, 0.05) is 5.02 Å². The molecule has 0 spiro atoms. The van der Waals surface area contributed by atoms with Crippen LogP contribution >= 0.6 is 11.6 Å². The zero-order chi connectivity index (χ0) is 20.3. The van der Waals surface area contributed by atoms with Gasteiger partial charge in [0.05, 0.1) is 17.8 Å². The van der Waals surface area contributed by atoms with E-state index in [0.717, 1.165) is 11.3 Å². The largest absolute Gasteiger partial charge is 0.491 e. The zero-order valence-corrected chi connectivity index (χ0v) is 16.8. The highest BCUT2D eigenvalue weighted by Gasteiger charge is 2.28. The molecule has 2 aromatic carbocycles. The lowest BCUT2D eigenvalue weighted by Crippen LogP contribution is -2.45. The molecule has 6 nitrogen and oxygen atoms in total. The quantitative estimate of drug-likeness (QED) is 0.799. The van der Waals surface area contributed by atoms with Crippen molar-refractivity contribution in [3.63, 3.8) is 0 Å². The van der Waals surface area contributed by atoms with E-state index >= 15 is 0 Å². The van der Waals surface area contributed by atoms with E-state index in [1.807, 2.05) is 45.0 Å². The number of ether oxygens (including phenoxy) is 2. The van der Waals surface area contributed by atoms with Crippen LogP contribution < -0.4 is 19.7 Å². The van der Waals surface area contributed by atoms with Gasteiger partial charge >= 0.3 is 0 Å². The third-order valence-corrected chi connectivity index (χ3v) is 4.51. The van der Waals surface area contributed by atoms with E-state index < -0.39 is 0 Å². The lowest BCUT2D eigenvalue weighted by atomic mass is 10.1. The SMILES string of the molecule is CC(C)Oc1cccc(C(C)NC(=O)CN2C(=O)COc3ccc(Cl)cc32)c1. The molecule has 1 atom stereocenters. The molecular weight excluding hydrogens is 380 g/mol. The van der Waals surface area contributed by atoms with Crippen LogP contribution in [0.3, 0.4) is 0 Å². The van der Waals surface area contributed by atoms with Gasteiger partial charge in [0.2, 0.25) is 5.91 Å². The van der Waals surface area contributed by atoms with Crippen LogP contribution in [0.2, 0.25) is 5.02 Å². The molecule has 3 rings (SSSR count). The molecule has 1 aliphatic rings. The Kier molecular flexibility index (Phi) is 6.09. The van der Waals surface area contributed by atoms with Gasteiger partial charge in [-0.2, -0.15) is 0 Å². The van der Waals surface area contributed by atoms with Crippen molar-refractivity contribution in [2.24, 2.45) is 0 Å². The second kappa shape index (κ2) is 8.52. The fourth-order valence-electron chi connectivity index (χ4n) is 2.99. The molecule has 1 N–H and O–H groups in total. The molecule has 1 heterocycles. The van der Waals surface area contributed by atoms with Crippen LogP contribution in [-0.2, 0) is 9.59 Å². The molecule has 0 fully saturated rings. The molecule has 0 radical (unpaired) electrons. The Balaban J connectivity index is 1.69. The second-order valence-electron chi connectivity index (χ2n) is 6.91. The smallest absolute Gasteiger partial charge is 0.265 e. The van der Waals surface area contributed by atoms with Gasteiger partial charge in [0.1, 0.15) is 18.0 Å². The molecule has 1 unspecified atom stereocenters. The van der Waals surface area contributed by atoms with Gasteiger partial charge in [-0.1, -0.05) is 23.7 Å². The molecule has 0 saturated heterocycles. The molecule has 28 heavy (non-hydrogen) atoms. The van der Waals surface area contributed by atoms with Crippen molar-refractivity contribution < 1.29 is 19.1 Å². The summed E-state index contributed by atoms with van der Waals surface area (Å²) >= 11 is 6.04. The molecule has 148 valence electrons. The summed E-state index contributed by atoms with van der Waals surface area (Å²) in [6.07, 6.45) is 0.0689. The average molecular weight is 403 g/mol. The number of carbonyl (C=O) groups is 2. The maximum atomic E-state index is 12.6. The number of halogens is 1. The van der Waals surface area contributed by atoms with Crippen LogP contribution in [0.15, 0.2) is 42.5 Å². The zero-order valence-electron chi connectivity index (χ0n) is 16.1. The standard InChI is InChI=1S/C21H23ClN2O4/c1-13(2)28-17-6-4-5-15(9-17)14(3)23-20(25)11-24-18-10-16(22)7-8-19(18)27-12-21(24)26/h4-10,13-14H,11-12H2,1-3H3,(H,23,25). The fourth-order valence-corrected chi connectivity index (χ4v) is 3.16. The van der Waals surface area contributed by atoms with Gasteiger partial charge in [-0.15, -0.1) is 0 Å². The van der Waals surface area contributed by atoms with Crippen molar-refractivity contribution in [2.75, 3.05) is 18.1 Å². The summed E-state index contributed by atoms with van der Waals surface area (Å²) in [5.74, 6) is 0.720. The van der Waals surface area contributed by atoms with E-state index in [-0.39, 0.29) is 37.1 Å². The minimum absolute atomic E-state index is 0.0689. The highest BCUT2D eigenvalue weighted by atomic mass is 35.5. The number of nitrogens with zero attached hydrogens (tertiary/aromatic N) is 1. The van der Waals surface area contributed by atoms with Crippen LogP contribution in [-0.4, -0.2) is 31.1 Å². The maximum absolute atomic E-state index is 12.6. The Hall–Kier alpha value is -2.73. The lowest BCUT2D eigenvalue weighted by molar-refractivity contribution is -0.125. The molecule has 0 bridgehead atoms. The van der Waals surface area contributed by atoms with Crippen molar-refractivity contribution in [3.8, 4) is 11.5 Å². The average Bonchev–Trinajstić information content (AvgIpc) is 2.64. The number of nitrogens with one attached hydrogen (secondary N) is 1. The molecule has 0 aliphatic carbocycles. The highest BCUT2D eigenvalue weighted by molar-refractivity contribution is 6.31. The maximum Gasteiger partial charge on any atom is 0.265 e. The number of fused-ring (bicyclic) bond motifs is 1. The van der Waals surface area contributed by atoms with E-state index in [0.29, 0.717) is 16.5 Å². The minimum Gasteiger partial charge on any atom is -0.491 e. The van der Waals surface area contributed by atoms with E-state index in [1.165, 1.54) is 4.90 Å². The summed E-state index contributed by atoms with van der Waals surface area (Å²) in [5, 5.41) is 3.40. The van der Waals surface area contributed by atoms with Crippen LogP contribution in [0.5, 0.6) is 11.5 Å². The number of hydrogen-bond donors (Lipinski definition) is 1. The second-order valence-corrected chi connectivity index (χ2v) is 7.35. The number of carbonyl (C=O) groups excluding carboxylic acids is 2. The van der Waals surface area contributed by atoms with E-state index in [9.17, 15) is 9.59 Å². The van der Waals surface area contributed by atoms with E-state index in [2.05, 4.69) is 5.32 Å². The first-order chi connectivity index (χ1) is 13.3. The van der Waals surface area contributed by atoms with Gasteiger partial charge in [0.25, 0.3) is 5.91 Å². The Labute approximate surface area is 169 Å². The van der Waals surface area contributed by atoms with Crippen LogP contribution in [0.25, 0.3) is 0 Å². The number of rotatable bonds is 6. The van der Waals surface area contributed by atoms with Gasteiger partial charge in [-0.05, 0) is 56.7 Å². The number of hydrogen-bond acceptors (Lipinski definition) is 4.